The van der Waals surface area contributed by atoms with E-state index in [4.69, 9.17) is 9.92 Å². The molecule has 6 heteroatoms. The molecule has 0 saturated carbocycles. The fourth-order valence-electron chi connectivity index (χ4n) is 4.84. The summed E-state index contributed by atoms with van der Waals surface area (Å²) in [6.07, 6.45) is 33.9. The molecule has 1 unspecified atom stereocenters. The lowest BCUT2D eigenvalue weighted by Gasteiger charge is -2.10. The Balaban J connectivity index is 0. The van der Waals surface area contributed by atoms with Crippen LogP contribution in [0, 0.1) is 0 Å². The molecule has 0 heterocycles. The summed E-state index contributed by atoms with van der Waals surface area (Å²) in [7, 11) is -4.05. The lowest BCUT2D eigenvalue weighted by Crippen LogP contribution is -2.19. The molecule has 0 amide bonds. The highest BCUT2D eigenvalue weighted by atomic mass is 32.2. The molecule has 242 valence electrons. The molecule has 40 heavy (non-hydrogen) atoms. The topological polar surface area (TPSA) is 69.4 Å². The van der Waals surface area contributed by atoms with Crippen LogP contribution in [0.4, 0.5) is 4.39 Å². The third-order valence-electron chi connectivity index (χ3n) is 7.51. The smallest absolute Gasteiger partial charge is 0.299 e. The Hall–Kier alpha value is -0.460. The summed E-state index contributed by atoms with van der Waals surface area (Å²) < 4.78 is 42.8. The lowest BCUT2D eigenvalue weighted by molar-refractivity contribution is 0.270. The average Bonchev–Trinajstić information content (AvgIpc) is 2.95. The van der Waals surface area contributed by atoms with Crippen LogP contribution in [0.5, 0.6) is 0 Å². The minimum absolute atomic E-state index is 0.0648. The van der Waals surface area contributed by atoms with Gasteiger partial charge in [-0.05, 0) is 19.3 Å². The molecule has 0 aliphatic rings. The quantitative estimate of drug-likeness (QED) is 0.0494. The summed E-state index contributed by atoms with van der Waals surface area (Å²) in [6.45, 7) is 8.52. The van der Waals surface area contributed by atoms with Crippen LogP contribution >= 0.6 is 0 Å². The van der Waals surface area contributed by atoms with Crippen molar-refractivity contribution in [1.29, 1.82) is 0 Å². The van der Waals surface area contributed by atoms with Crippen molar-refractivity contribution in [3.63, 3.8) is 0 Å². The lowest BCUT2D eigenvalue weighted by atomic mass is 10.0. The van der Waals surface area contributed by atoms with Crippen LogP contribution in [0.2, 0.25) is 0 Å². The van der Waals surface area contributed by atoms with E-state index in [-0.39, 0.29) is 13.0 Å². The predicted octanol–water partition coefficient (Wildman–Crippen LogP) is 11.3. The van der Waals surface area contributed by atoms with Crippen molar-refractivity contribution in [1.82, 2.24) is 0 Å². The van der Waals surface area contributed by atoms with Gasteiger partial charge in [0.1, 0.15) is 0 Å². The van der Waals surface area contributed by atoms with E-state index in [1.165, 1.54) is 122 Å². The number of alkyl halides is 1. The Bertz CT molecular complexity index is 586. The highest BCUT2D eigenvalue weighted by Crippen LogP contribution is 2.18. The molecule has 0 aromatic carbocycles. The summed E-state index contributed by atoms with van der Waals surface area (Å²) in [5.74, 6) is 0. The van der Waals surface area contributed by atoms with Gasteiger partial charge in [-0.25, -0.2) is 4.39 Å². The molecule has 0 saturated heterocycles. The Morgan fingerprint density at radius 1 is 0.600 bits per heavy atom. The SMILES string of the molecule is C=CCN.CCCCCCCCCCCCCCCCCCCCCOS(=O)(=O)C(F)CCCCCCCCC. The third kappa shape index (κ3) is 33.7. The molecule has 0 bridgehead atoms. The zero-order valence-corrected chi connectivity index (χ0v) is 27.8. The van der Waals surface area contributed by atoms with Crippen LogP contribution in [0.15, 0.2) is 12.7 Å². The van der Waals surface area contributed by atoms with Crippen LogP contribution in [0.3, 0.4) is 0 Å². The largest absolute Gasteiger partial charge is 0.327 e. The van der Waals surface area contributed by atoms with Gasteiger partial charge < -0.3 is 5.73 Å². The molecule has 4 nitrogen and oxygen atoms in total. The Morgan fingerprint density at radius 2 is 0.875 bits per heavy atom. The Labute approximate surface area is 251 Å². The first-order chi connectivity index (χ1) is 19.5. The molecule has 0 radical (unpaired) electrons. The molecule has 0 rings (SSSR count). The number of rotatable bonds is 31. The minimum atomic E-state index is -4.05. The van der Waals surface area contributed by atoms with Gasteiger partial charge in [-0.15, -0.1) is 6.58 Å². The van der Waals surface area contributed by atoms with Gasteiger partial charge in [0.05, 0.1) is 6.61 Å². The van der Waals surface area contributed by atoms with Crippen molar-refractivity contribution in [3.05, 3.63) is 12.7 Å². The Kier molecular flexibility index (Phi) is 36.2. The van der Waals surface area contributed by atoms with Gasteiger partial charge in [0.15, 0.2) is 0 Å². The fourth-order valence-corrected chi connectivity index (χ4v) is 5.79. The molecule has 2 N–H and O–H groups in total. The van der Waals surface area contributed by atoms with Gasteiger partial charge in [0.25, 0.3) is 10.1 Å². The summed E-state index contributed by atoms with van der Waals surface area (Å²) in [5.41, 5.74) is 3.04. The van der Waals surface area contributed by atoms with E-state index in [2.05, 4.69) is 20.4 Å². The van der Waals surface area contributed by atoms with Crippen molar-refractivity contribution < 1.29 is 17.0 Å². The van der Waals surface area contributed by atoms with Gasteiger partial charge in [-0.2, -0.15) is 8.42 Å². The number of nitrogens with two attached hydrogens (primary N) is 1. The molecular weight excluding hydrogens is 521 g/mol. The standard InChI is InChI=1S/C31H63FO3S.C3H7N/c1-3-5-7-9-11-12-13-14-15-16-17-18-19-20-21-22-24-26-28-30-35-36(33,34)31(32)29-27-25-23-10-8-6-4-2;1-2-3-4/h31H,3-30H2,1-2H3;2H,1,3-4H2. The molecule has 0 aromatic heterocycles. The molecule has 1 atom stereocenters. The second-order valence-corrected chi connectivity index (χ2v) is 13.3. The number of halogens is 1. The monoisotopic (exact) mass is 592 g/mol. The summed E-state index contributed by atoms with van der Waals surface area (Å²) in [6, 6.07) is 0. The van der Waals surface area contributed by atoms with E-state index in [1.807, 2.05) is 0 Å². The van der Waals surface area contributed by atoms with Crippen molar-refractivity contribution >= 4 is 10.1 Å². The third-order valence-corrected chi connectivity index (χ3v) is 8.87. The zero-order valence-electron chi connectivity index (χ0n) is 27.0. The molecule has 0 fully saturated rings. The molecule has 0 spiro atoms. The van der Waals surface area contributed by atoms with Gasteiger partial charge in [0, 0.05) is 6.54 Å². The first kappa shape index (κ1) is 41.7. The van der Waals surface area contributed by atoms with Gasteiger partial charge in [-0.1, -0.05) is 174 Å². The average molecular weight is 592 g/mol. The number of hydrogen-bond acceptors (Lipinski definition) is 4. The molecule has 0 aromatic rings. The maximum absolute atomic E-state index is 14.0. The van der Waals surface area contributed by atoms with Crippen LogP contribution in [0.25, 0.3) is 0 Å². The predicted molar refractivity (Wildman–Crippen MR) is 175 cm³/mol. The van der Waals surface area contributed by atoms with Crippen LogP contribution in [0.1, 0.15) is 187 Å². The molecular formula is C34H70FNO3S. The minimum Gasteiger partial charge on any atom is -0.327 e. The molecule has 0 aliphatic heterocycles. The summed E-state index contributed by atoms with van der Waals surface area (Å²) in [5, 5.41) is 0. The van der Waals surface area contributed by atoms with Gasteiger partial charge >= 0.3 is 0 Å². The van der Waals surface area contributed by atoms with Crippen LogP contribution in [-0.4, -0.2) is 27.1 Å². The summed E-state index contributed by atoms with van der Waals surface area (Å²) >= 11 is 0. The highest BCUT2D eigenvalue weighted by molar-refractivity contribution is 7.87. The van der Waals surface area contributed by atoms with Crippen molar-refractivity contribution in [2.24, 2.45) is 5.73 Å². The van der Waals surface area contributed by atoms with E-state index >= 15 is 0 Å². The second-order valence-electron chi connectivity index (χ2n) is 11.5. The first-order valence-electron chi connectivity index (χ1n) is 17.3. The second kappa shape index (κ2) is 34.7. The normalized spacial score (nSPS) is 12.2. The Morgan fingerprint density at radius 3 is 1.18 bits per heavy atom. The van der Waals surface area contributed by atoms with Gasteiger partial charge in [-0.3, -0.25) is 4.18 Å². The van der Waals surface area contributed by atoms with Crippen LogP contribution in [-0.2, 0) is 14.3 Å². The van der Waals surface area contributed by atoms with E-state index < -0.39 is 15.6 Å². The fraction of sp³-hybridized carbons (Fsp3) is 0.941. The van der Waals surface area contributed by atoms with Gasteiger partial charge in [0.2, 0.25) is 5.50 Å². The van der Waals surface area contributed by atoms with E-state index in [0.717, 1.165) is 32.1 Å². The van der Waals surface area contributed by atoms with Crippen LogP contribution < -0.4 is 5.73 Å². The number of unbranched alkanes of at least 4 members (excludes halogenated alkanes) is 24. The number of hydrogen-bond donors (Lipinski definition) is 1. The summed E-state index contributed by atoms with van der Waals surface area (Å²) in [4.78, 5) is 0. The van der Waals surface area contributed by atoms with Crippen molar-refractivity contribution in [3.8, 4) is 0 Å². The first-order valence-corrected chi connectivity index (χ1v) is 18.8. The van der Waals surface area contributed by atoms with Crippen molar-refractivity contribution in [2.75, 3.05) is 13.2 Å². The van der Waals surface area contributed by atoms with E-state index in [9.17, 15) is 12.8 Å². The molecule has 0 aliphatic carbocycles. The van der Waals surface area contributed by atoms with Crippen molar-refractivity contribution in [2.45, 2.75) is 193 Å². The maximum atomic E-state index is 14.0. The highest BCUT2D eigenvalue weighted by Gasteiger charge is 2.25. The maximum Gasteiger partial charge on any atom is 0.299 e. The van der Waals surface area contributed by atoms with E-state index in [0.29, 0.717) is 19.4 Å². The zero-order chi connectivity index (χ0) is 30.0. The van der Waals surface area contributed by atoms with E-state index in [1.54, 1.807) is 6.08 Å².